The second-order valence-electron chi connectivity index (χ2n) is 1.98. The molecule has 0 aliphatic heterocycles. The Bertz CT molecular complexity index is 210. The Balaban J connectivity index is 2.52. The van der Waals surface area contributed by atoms with Crippen LogP contribution in [0.3, 0.4) is 0 Å². The molecule has 0 aromatic carbocycles. The number of nitrogens with zero attached hydrogens (tertiary/aromatic N) is 1. The number of nitrogen functional groups attached to an aromatic ring is 1. The van der Waals surface area contributed by atoms with E-state index in [1.165, 1.54) is 6.20 Å². The maximum atomic E-state index is 5.41. The summed E-state index contributed by atoms with van der Waals surface area (Å²) >= 11 is 0. The van der Waals surface area contributed by atoms with Crippen molar-refractivity contribution in [1.29, 1.82) is 0 Å². The first-order valence-electron chi connectivity index (χ1n) is 3.16. The highest BCUT2D eigenvalue weighted by atomic mass is 16.7. The molecular weight excluding hydrogens is 144 g/mol. The normalized spacial score (nSPS) is 9.55. The summed E-state index contributed by atoms with van der Waals surface area (Å²) < 4.78 is 9.70. The van der Waals surface area contributed by atoms with Crippen LogP contribution in [0.2, 0.25) is 0 Å². The van der Waals surface area contributed by atoms with Crippen molar-refractivity contribution in [3.63, 3.8) is 0 Å². The number of aromatic nitrogens is 1. The van der Waals surface area contributed by atoms with Crippen LogP contribution in [0.15, 0.2) is 18.3 Å². The molecule has 4 heteroatoms. The first-order chi connectivity index (χ1) is 5.33. The molecule has 0 saturated carbocycles. The van der Waals surface area contributed by atoms with Gasteiger partial charge in [-0.1, -0.05) is 0 Å². The van der Waals surface area contributed by atoms with Crippen molar-refractivity contribution >= 4 is 5.69 Å². The Morgan fingerprint density at radius 3 is 2.91 bits per heavy atom. The maximum absolute atomic E-state index is 5.41. The van der Waals surface area contributed by atoms with E-state index < -0.39 is 0 Å². The number of nitrogens with two attached hydrogens (primary N) is 1. The number of hydrogen-bond acceptors (Lipinski definition) is 4. The van der Waals surface area contributed by atoms with Gasteiger partial charge in [0.1, 0.15) is 0 Å². The summed E-state index contributed by atoms with van der Waals surface area (Å²) in [5.74, 6) is 0.515. The van der Waals surface area contributed by atoms with Gasteiger partial charge in [0.05, 0.1) is 11.9 Å². The monoisotopic (exact) mass is 154 g/mol. The van der Waals surface area contributed by atoms with Crippen LogP contribution in [0.1, 0.15) is 0 Å². The summed E-state index contributed by atoms with van der Waals surface area (Å²) in [5.41, 5.74) is 6.03. The van der Waals surface area contributed by atoms with E-state index in [4.69, 9.17) is 10.5 Å². The van der Waals surface area contributed by atoms with E-state index in [1.54, 1.807) is 19.2 Å². The molecule has 0 spiro atoms. The number of ether oxygens (including phenoxy) is 2. The Labute approximate surface area is 64.9 Å². The lowest BCUT2D eigenvalue weighted by atomic mass is 10.4. The molecule has 4 nitrogen and oxygen atoms in total. The molecule has 0 radical (unpaired) electrons. The van der Waals surface area contributed by atoms with Crippen molar-refractivity contribution in [2.75, 3.05) is 19.6 Å². The molecule has 0 saturated heterocycles. The van der Waals surface area contributed by atoms with Gasteiger partial charge in [0.15, 0.2) is 6.79 Å². The Morgan fingerprint density at radius 2 is 2.36 bits per heavy atom. The minimum Gasteiger partial charge on any atom is -0.451 e. The van der Waals surface area contributed by atoms with E-state index in [0.29, 0.717) is 11.6 Å². The fraction of sp³-hybridized carbons (Fsp3) is 0.286. The van der Waals surface area contributed by atoms with Crippen molar-refractivity contribution < 1.29 is 9.47 Å². The van der Waals surface area contributed by atoms with E-state index in [-0.39, 0.29) is 6.79 Å². The highest BCUT2D eigenvalue weighted by Gasteiger charge is 1.91. The standard InChI is InChI=1S/C7H10N2O2/c1-10-5-11-7-3-2-6(8)4-9-7/h2-4H,5,8H2,1H3. The fourth-order valence-electron chi connectivity index (χ4n) is 0.596. The molecule has 11 heavy (non-hydrogen) atoms. The predicted molar refractivity (Wildman–Crippen MR) is 41.2 cm³/mol. The summed E-state index contributed by atoms with van der Waals surface area (Å²) in [6.07, 6.45) is 1.53. The summed E-state index contributed by atoms with van der Waals surface area (Å²) in [6, 6.07) is 3.41. The lowest BCUT2D eigenvalue weighted by Gasteiger charge is -2.02. The van der Waals surface area contributed by atoms with Crippen molar-refractivity contribution in [1.82, 2.24) is 4.98 Å². The summed E-state index contributed by atoms with van der Waals surface area (Å²) in [4.78, 5) is 3.89. The molecule has 0 atom stereocenters. The van der Waals surface area contributed by atoms with Crippen LogP contribution < -0.4 is 10.5 Å². The van der Waals surface area contributed by atoms with Gasteiger partial charge in [-0.15, -0.1) is 0 Å². The molecule has 1 aromatic heterocycles. The van der Waals surface area contributed by atoms with E-state index in [2.05, 4.69) is 9.72 Å². The largest absolute Gasteiger partial charge is 0.451 e. The summed E-state index contributed by atoms with van der Waals surface area (Å²) in [6.45, 7) is 0.205. The Hall–Kier alpha value is -1.29. The van der Waals surface area contributed by atoms with Gasteiger partial charge in [0.25, 0.3) is 0 Å². The number of methoxy groups -OCH3 is 1. The zero-order valence-electron chi connectivity index (χ0n) is 6.28. The molecule has 0 amide bonds. The first kappa shape index (κ1) is 7.81. The zero-order valence-corrected chi connectivity index (χ0v) is 6.28. The van der Waals surface area contributed by atoms with E-state index >= 15 is 0 Å². The highest BCUT2D eigenvalue weighted by Crippen LogP contribution is 2.07. The minimum atomic E-state index is 0.205. The Morgan fingerprint density at radius 1 is 1.55 bits per heavy atom. The van der Waals surface area contributed by atoms with Crippen molar-refractivity contribution in [2.45, 2.75) is 0 Å². The van der Waals surface area contributed by atoms with Gasteiger partial charge in [-0.25, -0.2) is 4.98 Å². The van der Waals surface area contributed by atoms with Gasteiger partial charge in [0.2, 0.25) is 5.88 Å². The third-order valence-electron chi connectivity index (χ3n) is 1.08. The molecule has 0 fully saturated rings. The summed E-state index contributed by atoms with van der Waals surface area (Å²) in [5, 5.41) is 0. The van der Waals surface area contributed by atoms with Gasteiger partial charge in [-0.3, -0.25) is 0 Å². The number of pyridine rings is 1. The minimum absolute atomic E-state index is 0.205. The smallest absolute Gasteiger partial charge is 0.215 e. The third kappa shape index (κ3) is 2.43. The maximum Gasteiger partial charge on any atom is 0.215 e. The average Bonchev–Trinajstić information content (AvgIpc) is 2.04. The third-order valence-corrected chi connectivity index (χ3v) is 1.08. The molecule has 0 aliphatic rings. The Kier molecular flexibility index (Phi) is 2.68. The second-order valence-corrected chi connectivity index (χ2v) is 1.98. The quantitative estimate of drug-likeness (QED) is 0.649. The van der Waals surface area contributed by atoms with Gasteiger partial charge in [-0.05, 0) is 6.07 Å². The van der Waals surface area contributed by atoms with Crippen LogP contribution in [0.25, 0.3) is 0 Å². The summed E-state index contributed by atoms with van der Waals surface area (Å²) in [7, 11) is 1.55. The van der Waals surface area contributed by atoms with Crippen molar-refractivity contribution in [3.05, 3.63) is 18.3 Å². The lowest BCUT2D eigenvalue weighted by Crippen LogP contribution is -2.00. The van der Waals surface area contributed by atoms with E-state index in [9.17, 15) is 0 Å². The second kappa shape index (κ2) is 3.78. The van der Waals surface area contributed by atoms with E-state index in [0.717, 1.165) is 0 Å². The SMILES string of the molecule is COCOc1ccc(N)cn1. The van der Waals surface area contributed by atoms with Crippen LogP contribution in [0.5, 0.6) is 5.88 Å². The average molecular weight is 154 g/mol. The fourth-order valence-corrected chi connectivity index (χ4v) is 0.596. The number of rotatable bonds is 3. The van der Waals surface area contributed by atoms with Crippen LogP contribution in [-0.2, 0) is 4.74 Å². The van der Waals surface area contributed by atoms with Gasteiger partial charge < -0.3 is 15.2 Å². The van der Waals surface area contributed by atoms with Crippen LogP contribution in [0, 0.1) is 0 Å². The topological polar surface area (TPSA) is 57.4 Å². The van der Waals surface area contributed by atoms with Crippen molar-refractivity contribution in [2.24, 2.45) is 0 Å². The molecule has 2 N–H and O–H groups in total. The number of anilines is 1. The zero-order chi connectivity index (χ0) is 8.10. The van der Waals surface area contributed by atoms with Gasteiger partial charge >= 0.3 is 0 Å². The molecule has 0 bridgehead atoms. The molecule has 1 aromatic rings. The van der Waals surface area contributed by atoms with Crippen LogP contribution in [0.4, 0.5) is 5.69 Å². The number of hydrogen-bond donors (Lipinski definition) is 1. The van der Waals surface area contributed by atoms with Crippen LogP contribution >= 0.6 is 0 Å². The molecule has 1 heterocycles. The first-order valence-corrected chi connectivity index (χ1v) is 3.16. The molecule has 1 rings (SSSR count). The van der Waals surface area contributed by atoms with Crippen LogP contribution in [-0.4, -0.2) is 18.9 Å². The van der Waals surface area contributed by atoms with Crippen molar-refractivity contribution in [3.8, 4) is 5.88 Å². The molecule has 0 aliphatic carbocycles. The highest BCUT2D eigenvalue weighted by molar-refractivity contribution is 5.35. The van der Waals surface area contributed by atoms with E-state index in [1.807, 2.05) is 0 Å². The molecule has 0 unspecified atom stereocenters. The van der Waals surface area contributed by atoms with Gasteiger partial charge in [-0.2, -0.15) is 0 Å². The predicted octanol–water partition coefficient (Wildman–Crippen LogP) is 0.647. The van der Waals surface area contributed by atoms with Gasteiger partial charge in [0, 0.05) is 13.2 Å². The lowest BCUT2D eigenvalue weighted by molar-refractivity contribution is 0.0478. The molecule has 60 valence electrons. The molecular formula is C7H10N2O2.